The van der Waals surface area contributed by atoms with Crippen LogP contribution in [0.3, 0.4) is 0 Å². The van der Waals surface area contributed by atoms with Gasteiger partial charge in [0, 0.05) is 12.5 Å². The lowest BCUT2D eigenvalue weighted by Crippen LogP contribution is -2.35. The van der Waals surface area contributed by atoms with E-state index in [9.17, 15) is 18.7 Å². The van der Waals surface area contributed by atoms with Gasteiger partial charge in [-0.05, 0) is 17.0 Å². The molecule has 1 N–H and O–H groups in total. The van der Waals surface area contributed by atoms with E-state index in [1.807, 2.05) is 0 Å². The second-order valence-corrected chi connectivity index (χ2v) is 5.15. The molecule has 0 spiro atoms. The molecule has 0 saturated heterocycles. The van der Waals surface area contributed by atoms with Crippen LogP contribution in [-0.4, -0.2) is 17.0 Å². The fourth-order valence-corrected chi connectivity index (χ4v) is 1.43. The summed E-state index contributed by atoms with van der Waals surface area (Å²) in [6, 6.07) is 3.04. The predicted octanol–water partition coefficient (Wildman–Crippen LogP) is 2.48. The average molecular weight is 242 g/mol. The number of hydrogen-bond acceptors (Lipinski definition) is 2. The molecule has 2 nitrogen and oxygen atoms in total. The van der Waals surface area contributed by atoms with Crippen LogP contribution in [0.4, 0.5) is 8.78 Å². The van der Waals surface area contributed by atoms with Crippen LogP contribution in [0.25, 0.3) is 0 Å². The van der Waals surface area contributed by atoms with Crippen molar-refractivity contribution in [2.45, 2.75) is 33.3 Å². The first kappa shape index (κ1) is 13.8. The van der Waals surface area contributed by atoms with Crippen molar-refractivity contribution >= 4 is 5.78 Å². The zero-order valence-electron chi connectivity index (χ0n) is 10.1. The quantitative estimate of drug-likeness (QED) is 0.884. The number of aliphatic hydroxyl groups excluding tert-OH is 1. The van der Waals surface area contributed by atoms with Crippen LogP contribution in [0.5, 0.6) is 0 Å². The van der Waals surface area contributed by atoms with Crippen molar-refractivity contribution in [2.75, 3.05) is 0 Å². The number of ketones is 1. The molecule has 17 heavy (non-hydrogen) atoms. The summed E-state index contributed by atoms with van der Waals surface area (Å²) in [5, 5.41) is 9.71. The number of halogens is 2. The molecule has 0 radical (unpaired) electrons. The molecule has 0 aromatic heterocycles. The lowest BCUT2D eigenvalue weighted by molar-refractivity contribution is -0.131. The van der Waals surface area contributed by atoms with Crippen molar-refractivity contribution in [1.82, 2.24) is 0 Å². The van der Waals surface area contributed by atoms with Crippen molar-refractivity contribution in [3.63, 3.8) is 0 Å². The Morgan fingerprint density at radius 2 is 1.94 bits per heavy atom. The van der Waals surface area contributed by atoms with Gasteiger partial charge in [-0.3, -0.25) is 4.79 Å². The SMILES string of the molecule is CC(C)(C)C(O)C(=O)Cc1ccc(F)cc1F. The third-order valence-electron chi connectivity index (χ3n) is 2.51. The molecule has 0 bridgehead atoms. The third-order valence-corrected chi connectivity index (χ3v) is 2.51. The number of hydrogen-bond donors (Lipinski definition) is 1. The van der Waals surface area contributed by atoms with Crippen LogP contribution in [0.1, 0.15) is 26.3 Å². The van der Waals surface area contributed by atoms with Crippen molar-refractivity contribution in [2.24, 2.45) is 5.41 Å². The average Bonchev–Trinajstić information content (AvgIpc) is 2.19. The van der Waals surface area contributed by atoms with E-state index in [1.54, 1.807) is 20.8 Å². The van der Waals surface area contributed by atoms with Crippen molar-refractivity contribution in [3.8, 4) is 0 Å². The van der Waals surface area contributed by atoms with E-state index in [2.05, 4.69) is 0 Å². The Balaban J connectivity index is 2.82. The summed E-state index contributed by atoms with van der Waals surface area (Å²) in [7, 11) is 0. The monoisotopic (exact) mass is 242 g/mol. The van der Waals surface area contributed by atoms with E-state index >= 15 is 0 Å². The summed E-state index contributed by atoms with van der Waals surface area (Å²) >= 11 is 0. The summed E-state index contributed by atoms with van der Waals surface area (Å²) in [4.78, 5) is 11.7. The zero-order valence-corrected chi connectivity index (χ0v) is 10.1. The number of benzene rings is 1. The zero-order chi connectivity index (χ0) is 13.2. The van der Waals surface area contributed by atoms with E-state index in [1.165, 1.54) is 6.07 Å². The Hall–Kier alpha value is -1.29. The normalized spacial score (nSPS) is 13.5. The molecular formula is C13H16F2O2. The van der Waals surface area contributed by atoms with Gasteiger partial charge >= 0.3 is 0 Å². The molecule has 0 fully saturated rings. The Labute approximate surface area is 99.3 Å². The van der Waals surface area contributed by atoms with Gasteiger partial charge in [0.1, 0.15) is 17.7 Å². The van der Waals surface area contributed by atoms with Gasteiger partial charge in [-0.1, -0.05) is 26.8 Å². The van der Waals surface area contributed by atoms with Gasteiger partial charge in [-0.15, -0.1) is 0 Å². The molecule has 94 valence electrons. The van der Waals surface area contributed by atoms with Crippen LogP contribution in [0.15, 0.2) is 18.2 Å². The standard InChI is InChI=1S/C13H16F2O2/c1-13(2,3)12(17)11(16)6-8-4-5-9(14)7-10(8)15/h4-5,7,12,17H,6H2,1-3H3. The third kappa shape index (κ3) is 3.60. The van der Waals surface area contributed by atoms with Gasteiger partial charge in [0.25, 0.3) is 0 Å². The summed E-state index contributed by atoms with van der Waals surface area (Å²) in [5.74, 6) is -1.92. The van der Waals surface area contributed by atoms with Gasteiger partial charge in [-0.2, -0.15) is 0 Å². The minimum Gasteiger partial charge on any atom is -0.385 e. The molecule has 1 aromatic carbocycles. The number of carbonyl (C=O) groups is 1. The fraction of sp³-hybridized carbons (Fsp3) is 0.462. The van der Waals surface area contributed by atoms with Crippen molar-refractivity contribution < 1.29 is 18.7 Å². The van der Waals surface area contributed by atoms with E-state index < -0.39 is 28.9 Å². The number of rotatable bonds is 3. The Bertz CT molecular complexity index is 422. The summed E-state index contributed by atoms with van der Waals surface area (Å²) in [6.45, 7) is 5.16. The van der Waals surface area contributed by atoms with Gasteiger partial charge in [0.2, 0.25) is 0 Å². The second-order valence-electron chi connectivity index (χ2n) is 5.15. The molecule has 0 heterocycles. The number of aliphatic hydroxyl groups is 1. The predicted molar refractivity (Wildman–Crippen MR) is 60.5 cm³/mol. The highest BCUT2D eigenvalue weighted by Crippen LogP contribution is 2.21. The molecule has 4 heteroatoms. The second kappa shape index (κ2) is 4.92. The molecule has 1 aromatic rings. The van der Waals surface area contributed by atoms with Gasteiger partial charge in [0.05, 0.1) is 0 Å². The fourth-order valence-electron chi connectivity index (χ4n) is 1.43. The first-order valence-corrected chi connectivity index (χ1v) is 5.36. The summed E-state index contributed by atoms with van der Waals surface area (Å²) < 4.78 is 26.0. The van der Waals surface area contributed by atoms with E-state index in [0.29, 0.717) is 0 Å². The number of carbonyl (C=O) groups excluding carboxylic acids is 1. The molecule has 1 atom stereocenters. The molecule has 0 aliphatic carbocycles. The smallest absolute Gasteiger partial charge is 0.166 e. The van der Waals surface area contributed by atoms with Crippen LogP contribution in [0.2, 0.25) is 0 Å². The molecular weight excluding hydrogens is 226 g/mol. The van der Waals surface area contributed by atoms with Crippen molar-refractivity contribution in [3.05, 3.63) is 35.4 Å². The lowest BCUT2D eigenvalue weighted by atomic mass is 9.85. The van der Waals surface area contributed by atoms with E-state index in [-0.39, 0.29) is 12.0 Å². The Morgan fingerprint density at radius 1 is 1.35 bits per heavy atom. The maximum absolute atomic E-state index is 13.3. The highest BCUT2D eigenvalue weighted by atomic mass is 19.1. The topological polar surface area (TPSA) is 37.3 Å². The Morgan fingerprint density at radius 3 is 2.41 bits per heavy atom. The first-order valence-electron chi connectivity index (χ1n) is 5.36. The molecule has 0 amide bonds. The maximum Gasteiger partial charge on any atom is 0.166 e. The van der Waals surface area contributed by atoms with Crippen LogP contribution >= 0.6 is 0 Å². The minimum absolute atomic E-state index is 0.0969. The van der Waals surface area contributed by atoms with Gasteiger partial charge in [-0.25, -0.2) is 8.78 Å². The first-order chi connectivity index (χ1) is 7.71. The molecule has 1 rings (SSSR count). The molecule has 0 aliphatic rings. The largest absolute Gasteiger partial charge is 0.385 e. The van der Waals surface area contributed by atoms with Gasteiger partial charge in [0.15, 0.2) is 5.78 Å². The Kier molecular flexibility index (Phi) is 3.98. The molecule has 1 unspecified atom stereocenters. The molecule has 0 saturated carbocycles. The lowest BCUT2D eigenvalue weighted by Gasteiger charge is -2.24. The van der Waals surface area contributed by atoms with Crippen LogP contribution < -0.4 is 0 Å². The van der Waals surface area contributed by atoms with Crippen LogP contribution in [0, 0.1) is 17.0 Å². The van der Waals surface area contributed by atoms with Crippen LogP contribution in [-0.2, 0) is 11.2 Å². The van der Waals surface area contributed by atoms with Crippen molar-refractivity contribution in [1.29, 1.82) is 0 Å². The minimum atomic E-state index is -1.16. The summed E-state index contributed by atoms with van der Waals surface area (Å²) in [5.41, 5.74) is -0.493. The highest BCUT2D eigenvalue weighted by Gasteiger charge is 2.29. The molecule has 0 aliphatic heterocycles. The summed E-state index contributed by atoms with van der Waals surface area (Å²) in [6.07, 6.45) is -1.39. The van der Waals surface area contributed by atoms with Gasteiger partial charge < -0.3 is 5.11 Å². The van der Waals surface area contributed by atoms with E-state index in [0.717, 1.165) is 12.1 Å². The highest BCUT2D eigenvalue weighted by molar-refractivity contribution is 5.85. The number of Topliss-reactive ketones (excluding diaryl/α,β-unsaturated/α-hetero) is 1. The van der Waals surface area contributed by atoms with E-state index in [4.69, 9.17) is 0 Å². The maximum atomic E-state index is 13.3.